The fourth-order valence-electron chi connectivity index (χ4n) is 6.84. The van der Waals surface area contributed by atoms with E-state index >= 15 is 0 Å². The monoisotopic (exact) mass is 514 g/mol. The lowest BCUT2D eigenvalue weighted by Crippen LogP contribution is -2.18. The van der Waals surface area contributed by atoms with Gasteiger partial charge in [-0.1, -0.05) is 55.1 Å². The molecule has 0 saturated carbocycles. The first-order valence-electron chi connectivity index (χ1n) is 13.1. The fraction of sp³-hybridized carbons (Fsp3) is 0. The number of benzene rings is 5. The average Bonchev–Trinajstić information content (AvgIpc) is 3.00. The Labute approximate surface area is 224 Å². The van der Waals surface area contributed by atoms with Crippen molar-refractivity contribution in [3.05, 3.63) is 133 Å². The second-order valence-electron chi connectivity index (χ2n) is 10.4. The molecule has 0 fully saturated rings. The highest BCUT2D eigenvalue weighted by Gasteiger charge is 2.21. The van der Waals surface area contributed by atoms with Crippen LogP contribution in [0.3, 0.4) is 0 Å². The molecule has 4 heterocycles. The summed E-state index contributed by atoms with van der Waals surface area (Å²) in [6.07, 6.45) is 0. The highest BCUT2D eigenvalue weighted by atomic mass is 16.1. The lowest BCUT2D eigenvalue weighted by molar-refractivity contribution is 1.29. The van der Waals surface area contributed by atoms with Crippen LogP contribution in [0.15, 0.2) is 111 Å². The van der Waals surface area contributed by atoms with Gasteiger partial charge in [0.25, 0.3) is 0 Å². The lowest BCUT2D eigenvalue weighted by Gasteiger charge is -2.19. The maximum absolute atomic E-state index is 14.5. The predicted molar refractivity (Wildman–Crippen MR) is 164 cm³/mol. The first kappa shape index (κ1) is 21.4. The first-order valence-corrected chi connectivity index (χ1v) is 13.1. The van der Waals surface area contributed by atoms with Crippen LogP contribution in [0, 0.1) is 0 Å². The zero-order valence-electron chi connectivity index (χ0n) is 21.1. The van der Waals surface area contributed by atoms with Crippen LogP contribution in [0.25, 0.3) is 82.8 Å². The SMILES string of the molecule is C=c1c2cccc3c(=O)c4ccccc4n(c32)c2c1ccc1c2c(=O)c2cccc3c(=O)c4ccccc4n1c32. The molecule has 0 spiro atoms. The Hall–Kier alpha value is -5.55. The molecule has 186 valence electrons. The molecular weight excluding hydrogens is 496 g/mol. The summed E-state index contributed by atoms with van der Waals surface area (Å²) in [4.78, 5) is 41.7. The van der Waals surface area contributed by atoms with E-state index in [2.05, 4.69) is 11.0 Å². The van der Waals surface area contributed by atoms with Crippen LogP contribution in [-0.4, -0.2) is 8.80 Å². The van der Waals surface area contributed by atoms with Crippen LogP contribution in [0.2, 0.25) is 0 Å². The Balaban J connectivity index is 1.75. The predicted octanol–water partition coefficient (Wildman–Crippen LogP) is 5.76. The van der Waals surface area contributed by atoms with Crippen molar-refractivity contribution in [2.75, 3.05) is 0 Å². The Morgan fingerprint density at radius 1 is 0.400 bits per heavy atom. The molecular formula is C35H18N2O3. The van der Waals surface area contributed by atoms with Gasteiger partial charge in [-0.15, -0.1) is 0 Å². The summed E-state index contributed by atoms with van der Waals surface area (Å²) in [7, 11) is 0. The number of aromatic nitrogens is 2. The van der Waals surface area contributed by atoms with Crippen molar-refractivity contribution >= 4 is 82.8 Å². The van der Waals surface area contributed by atoms with Crippen molar-refractivity contribution in [2.24, 2.45) is 0 Å². The molecule has 40 heavy (non-hydrogen) atoms. The van der Waals surface area contributed by atoms with Gasteiger partial charge >= 0.3 is 0 Å². The van der Waals surface area contributed by atoms with Gasteiger partial charge in [0.2, 0.25) is 0 Å². The third-order valence-electron chi connectivity index (χ3n) is 8.53. The molecule has 9 aromatic rings. The van der Waals surface area contributed by atoms with E-state index in [0.717, 1.165) is 32.5 Å². The summed E-state index contributed by atoms with van der Waals surface area (Å²) < 4.78 is 4.11. The van der Waals surface area contributed by atoms with Crippen LogP contribution in [0.5, 0.6) is 0 Å². The number of pyridine rings is 4. The summed E-state index contributed by atoms with van der Waals surface area (Å²) in [6.45, 7) is 4.43. The molecule has 5 aromatic carbocycles. The minimum absolute atomic E-state index is 0.0467. The molecule has 0 atom stereocenters. The van der Waals surface area contributed by atoms with Gasteiger partial charge in [-0.25, -0.2) is 0 Å². The van der Waals surface area contributed by atoms with Crippen LogP contribution >= 0.6 is 0 Å². The second-order valence-corrected chi connectivity index (χ2v) is 10.4. The number of hydrogen-bond donors (Lipinski definition) is 0. The van der Waals surface area contributed by atoms with Crippen LogP contribution in [0.1, 0.15) is 0 Å². The van der Waals surface area contributed by atoms with Crippen molar-refractivity contribution in [1.82, 2.24) is 8.80 Å². The molecule has 0 unspecified atom stereocenters. The molecule has 5 nitrogen and oxygen atoms in total. The summed E-state index contributed by atoms with van der Waals surface area (Å²) in [5.41, 5.74) is 3.96. The van der Waals surface area contributed by atoms with E-state index in [1.54, 1.807) is 18.2 Å². The van der Waals surface area contributed by atoms with Crippen molar-refractivity contribution < 1.29 is 0 Å². The molecule has 0 aliphatic heterocycles. The van der Waals surface area contributed by atoms with Gasteiger partial charge in [0, 0.05) is 37.7 Å². The van der Waals surface area contributed by atoms with E-state index in [4.69, 9.17) is 0 Å². The summed E-state index contributed by atoms with van der Waals surface area (Å²) in [5.74, 6) is 0. The molecule has 5 heteroatoms. The number of nitrogens with zero attached hydrogens (tertiary/aromatic N) is 2. The summed E-state index contributed by atoms with van der Waals surface area (Å²) >= 11 is 0. The second kappa shape index (κ2) is 7.10. The largest absolute Gasteiger partial charge is 0.307 e. The third kappa shape index (κ3) is 2.33. The quantitative estimate of drug-likeness (QED) is 0.191. The molecule has 4 aromatic heterocycles. The van der Waals surface area contributed by atoms with E-state index in [1.807, 2.05) is 83.3 Å². The molecule has 0 saturated heterocycles. The smallest absolute Gasteiger partial charge is 0.199 e. The zero-order chi connectivity index (χ0) is 26.9. The number of para-hydroxylation sites is 4. The molecule has 0 bridgehead atoms. The molecule has 0 aliphatic rings. The number of fused-ring (bicyclic) bond motifs is 9. The molecule has 9 rings (SSSR count). The van der Waals surface area contributed by atoms with E-state index < -0.39 is 0 Å². The van der Waals surface area contributed by atoms with E-state index in [9.17, 15) is 14.4 Å². The van der Waals surface area contributed by atoms with E-state index in [-0.39, 0.29) is 16.3 Å². The summed E-state index contributed by atoms with van der Waals surface area (Å²) in [5, 5.41) is 5.75. The fourth-order valence-corrected chi connectivity index (χ4v) is 6.84. The van der Waals surface area contributed by atoms with E-state index in [1.165, 1.54) is 0 Å². The first-order chi connectivity index (χ1) is 19.6. The summed E-state index contributed by atoms with van der Waals surface area (Å²) in [6, 6.07) is 30.1. The van der Waals surface area contributed by atoms with Crippen molar-refractivity contribution in [3.63, 3.8) is 0 Å². The third-order valence-corrected chi connectivity index (χ3v) is 8.53. The van der Waals surface area contributed by atoms with Gasteiger partial charge < -0.3 is 8.80 Å². The van der Waals surface area contributed by atoms with Crippen LogP contribution in [0.4, 0.5) is 0 Å². The maximum Gasteiger partial charge on any atom is 0.199 e. The Kier molecular flexibility index (Phi) is 3.80. The number of rotatable bonds is 0. The van der Waals surface area contributed by atoms with Gasteiger partial charge in [-0.2, -0.15) is 0 Å². The Morgan fingerprint density at radius 3 is 1.52 bits per heavy atom. The zero-order valence-corrected chi connectivity index (χ0v) is 21.1. The number of hydrogen-bond acceptors (Lipinski definition) is 3. The topological polar surface area (TPSA) is 60.0 Å². The average molecular weight is 515 g/mol. The molecule has 0 N–H and O–H groups in total. The highest BCUT2D eigenvalue weighted by Crippen LogP contribution is 2.33. The highest BCUT2D eigenvalue weighted by molar-refractivity contribution is 6.17. The van der Waals surface area contributed by atoms with Crippen LogP contribution in [-0.2, 0) is 0 Å². The molecule has 0 amide bonds. The van der Waals surface area contributed by atoms with Crippen molar-refractivity contribution in [3.8, 4) is 0 Å². The maximum atomic E-state index is 14.5. The normalized spacial score (nSPS) is 12.4. The van der Waals surface area contributed by atoms with Gasteiger partial charge in [0.05, 0.1) is 38.5 Å². The Bertz CT molecular complexity index is 2830. The standard InChI is InChI=1S/C35H18N2O3/c1-18-19-10-6-11-23-30(19)37(27-15-5-3-9-22(27)34(23)39)32-20(18)16-17-28-29(32)35(40)25-13-7-12-24-31(25)36(28)26-14-4-2-8-21(26)33(24)38/h2-17H,1H2. The van der Waals surface area contributed by atoms with Gasteiger partial charge in [0.1, 0.15) is 0 Å². The molecule has 0 radical (unpaired) electrons. The van der Waals surface area contributed by atoms with Crippen LogP contribution < -0.4 is 21.5 Å². The lowest BCUT2D eigenvalue weighted by atomic mass is 9.98. The Morgan fingerprint density at radius 2 is 0.875 bits per heavy atom. The van der Waals surface area contributed by atoms with Crippen molar-refractivity contribution in [1.29, 1.82) is 0 Å². The minimum Gasteiger partial charge on any atom is -0.307 e. The van der Waals surface area contributed by atoms with Gasteiger partial charge in [0.15, 0.2) is 16.3 Å². The van der Waals surface area contributed by atoms with Crippen molar-refractivity contribution in [2.45, 2.75) is 0 Å². The van der Waals surface area contributed by atoms with Gasteiger partial charge in [-0.3, -0.25) is 14.4 Å². The molecule has 0 aliphatic carbocycles. The van der Waals surface area contributed by atoms with E-state index in [0.29, 0.717) is 48.9 Å². The van der Waals surface area contributed by atoms with Gasteiger partial charge in [-0.05, 0) is 53.7 Å². The minimum atomic E-state index is -0.157.